The SMILES string of the molecule is N[C@H]1CC(N2CC3CC(NC(=O)Nc4ccc(F)cc4)CC3C2)CO[C@@H]1c1cc(F)ccc1F. The van der Waals surface area contributed by atoms with Crippen LogP contribution in [0.5, 0.6) is 0 Å². The van der Waals surface area contributed by atoms with Gasteiger partial charge in [0.15, 0.2) is 0 Å². The maximum atomic E-state index is 14.2. The average Bonchev–Trinajstić information content (AvgIpc) is 3.36. The summed E-state index contributed by atoms with van der Waals surface area (Å²) < 4.78 is 46.7. The Balaban J connectivity index is 1.10. The number of fused-ring (bicyclic) bond motifs is 1. The van der Waals surface area contributed by atoms with E-state index < -0.39 is 23.8 Å². The third-order valence-electron chi connectivity index (χ3n) is 7.40. The molecule has 2 heterocycles. The topological polar surface area (TPSA) is 79.6 Å². The van der Waals surface area contributed by atoms with Crippen molar-refractivity contribution in [1.29, 1.82) is 0 Å². The number of hydrogen-bond donors (Lipinski definition) is 3. The van der Waals surface area contributed by atoms with Crippen molar-refractivity contribution in [2.75, 3.05) is 25.0 Å². The van der Waals surface area contributed by atoms with Crippen LogP contribution >= 0.6 is 0 Å². The number of nitrogens with one attached hydrogen (secondary N) is 2. The first-order chi connectivity index (χ1) is 16.4. The fraction of sp³-hybridized carbons (Fsp3) is 0.480. The molecule has 3 unspecified atom stereocenters. The van der Waals surface area contributed by atoms with Gasteiger partial charge in [-0.15, -0.1) is 0 Å². The van der Waals surface area contributed by atoms with Gasteiger partial charge in [0.2, 0.25) is 0 Å². The lowest BCUT2D eigenvalue weighted by Gasteiger charge is -2.39. The summed E-state index contributed by atoms with van der Waals surface area (Å²) >= 11 is 0. The molecule has 4 N–H and O–H groups in total. The Kier molecular flexibility index (Phi) is 6.50. The monoisotopic (exact) mass is 474 g/mol. The van der Waals surface area contributed by atoms with Gasteiger partial charge in [0.1, 0.15) is 23.6 Å². The molecule has 34 heavy (non-hydrogen) atoms. The predicted octanol–water partition coefficient (Wildman–Crippen LogP) is 3.79. The van der Waals surface area contributed by atoms with Crippen molar-refractivity contribution in [2.45, 2.75) is 43.5 Å². The first-order valence-corrected chi connectivity index (χ1v) is 11.7. The van der Waals surface area contributed by atoms with Crippen LogP contribution < -0.4 is 16.4 Å². The van der Waals surface area contributed by atoms with Crippen molar-refractivity contribution in [2.24, 2.45) is 17.6 Å². The summed E-state index contributed by atoms with van der Waals surface area (Å²) in [4.78, 5) is 14.7. The summed E-state index contributed by atoms with van der Waals surface area (Å²) in [6, 6.07) is 8.58. The molecule has 2 saturated heterocycles. The maximum absolute atomic E-state index is 14.2. The quantitative estimate of drug-likeness (QED) is 0.630. The van der Waals surface area contributed by atoms with Crippen LogP contribution in [0, 0.1) is 29.3 Å². The predicted molar refractivity (Wildman–Crippen MR) is 122 cm³/mol. The summed E-state index contributed by atoms with van der Waals surface area (Å²) in [5, 5.41) is 5.78. The third-order valence-corrected chi connectivity index (χ3v) is 7.40. The highest BCUT2D eigenvalue weighted by atomic mass is 19.1. The molecule has 2 aliphatic heterocycles. The largest absolute Gasteiger partial charge is 0.370 e. The first-order valence-electron chi connectivity index (χ1n) is 11.7. The van der Waals surface area contributed by atoms with E-state index in [0.29, 0.717) is 30.6 Å². The number of benzene rings is 2. The Morgan fingerprint density at radius 2 is 1.65 bits per heavy atom. The second kappa shape index (κ2) is 9.56. The zero-order valence-electron chi connectivity index (χ0n) is 18.7. The molecule has 0 spiro atoms. The van der Waals surface area contributed by atoms with Gasteiger partial charge in [-0.05, 0) is 73.6 Å². The zero-order valence-corrected chi connectivity index (χ0v) is 18.7. The molecule has 6 nitrogen and oxygen atoms in total. The van der Waals surface area contributed by atoms with Crippen molar-refractivity contribution in [1.82, 2.24) is 10.2 Å². The summed E-state index contributed by atoms with van der Waals surface area (Å²) in [6.07, 6.45) is 1.80. The van der Waals surface area contributed by atoms with E-state index in [9.17, 15) is 18.0 Å². The van der Waals surface area contributed by atoms with E-state index in [-0.39, 0.29) is 29.5 Å². The van der Waals surface area contributed by atoms with E-state index in [2.05, 4.69) is 15.5 Å². The van der Waals surface area contributed by atoms with Crippen molar-refractivity contribution >= 4 is 11.7 Å². The number of hydrogen-bond acceptors (Lipinski definition) is 4. The molecular formula is C25H29F3N4O2. The van der Waals surface area contributed by atoms with Crippen molar-refractivity contribution in [3.63, 3.8) is 0 Å². The van der Waals surface area contributed by atoms with E-state index in [1.54, 1.807) is 0 Å². The van der Waals surface area contributed by atoms with Gasteiger partial charge in [-0.2, -0.15) is 0 Å². The molecule has 9 heteroatoms. The molecule has 2 aromatic rings. The highest BCUT2D eigenvalue weighted by Gasteiger charge is 2.45. The van der Waals surface area contributed by atoms with Crippen LogP contribution in [0.3, 0.4) is 0 Å². The number of carbonyl (C=O) groups is 1. The van der Waals surface area contributed by atoms with Crippen LogP contribution in [-0.2, 0) is 4.74 Å². The summed E-state index contributed by atoms with van der Waals surface area (Å²) in [7, 11) is 0. The van der Waals surface area contributed by atoms with Crippen molar-refractivity contribution < 1.29 is 22.7 Å². The van der Waals surface area contributed by atoms with E-state index >= 15 is 0 Å². The van der Waals surface area contributed by atoms with E-state index in [4.69, 9.17) is 10.5 Å². The molecule has 5 rings (SSSR count). The molecule has 2 amide bonds. The molecule has 0 aromatic heterocycles. The number of halogens is 3. The number of amides is 2. The minimum Gasteiger partial charge on any atom is -0.370 e. The lowest BCUT2D eigenvalue weighted by molar-refractivity contribution is -0.0485. The highest BCUT2D eigenvalue weighted by molar-refractivity contribution is 5.89. The Hall–Kier alpha value is -2.62. The van der Waals surface area contributed by atoms with Gasteiger partial charge < -0.3 is 21.1 Å². The van der Waals surface area contributed by atoms with Gasteiger partial charge in [-0.3, -0.25) is 4.90 Å². The van der Waals surface area contributed by atoms with Gasteiger partial charge in [0.25, 0.3) is 0 Å². The highest BCUT2D eigenvalue weighted by Crippen LogP contribution is 2.41. The second-order valence-electron chi connectivity index (χ2n) is 9.72. The molecular weight excluding hydrogens is 445 g/mol. The van der Waals surface area contributed by atoms with Gasteiger partial charge >= 0.3 is 6.03 Å². The molecule has 3 fully saturated rings. The van der Waals surface area contributed by atoms with Crippen LogP contribution in [0.15, 0.2) is 42.5 Å². The first kappa shape index (κ1) is 23.1. The molecule has 0 radical (unpaired) electrons. The molecule has 182 valence electrons. The number of carbonyl (C=O) groups excluding carboxylic acids is 1. The minimum absolute atomic E-state index is 0.0998. The standard InChI is InChI=1S/C25H29F3N4O2/c26-16-1-4-18(5-2-16)30-25(33)31-19-7-14-11-32(12-15(14)8-19)20-10-23(29)24(34-13-20)21-9-17(27)3-6-22(21)28/h1-6,9,14-15,19-20,23-24H,7-8,10-13,29H2,(H2,30,31,33)/t14?,15?,19?,20?,23-,24+/m0/s1. The lowest BCUT2D eigenvalue weighted by Crippen LogP contribution is -2.49. The van der Waals surface area contributed by atoms with Crippen LogP contribution in [0.2, 0.25) is 0 Å². The van der Waals surface area contributed by atoms with Crippen LogP contribution in [0.4, 0.5) is 23.7 Å². The number of urea groups is 1. The van der Waals surface area contributed by atoms with Crippen LogP contribution in [0.25, 0.3) is 0 Å². The van der Waals surface area contributed by atoms with E-state index in [1.165, 1.54) is 30.3 Å². The van der Waals surface area contributed by atoms with Gasteiger partial charge in [-0.25, -0.2) is 18.0 Å². The lowest BCUT2D eigenvalue weighted by atomic mass is 9.93. The van der Waals surface area contributed by atoms with Gasteiger partial charge in [0, 0.05) is 42.5 Å². The maximum Gasteiger partial charge on any atom is 0.319 e. The molecule has 1 aliphatic carbocycles. The fourth-order valence-electron chi connectivity index (χ4n) is 5.79. The van der Waals surface area contributed by atoms with Crippen LogP contribution in [0.1, 0.15) is 30.9 Å². The number of rotatable bonds is 4. The molecule has 1 saturated carbocycles. The smallest absolute Gasteiger partial charge is 0.319 e. The molecule has 5 atom stereocenters. The van der Waals surface area contributed by atoms with E-state index in [0.717, 1.165) is 38.1 Å². The zero-order chi connectivity index (χ0) is 23.8. The number of likely N-dealkylation sites (tertiary alicyclic amines) is 1. The Bertz CT molecular complexity index is 1020. The average molecular weight is 475 g/mol. The Morgan fingerprint density at radius 1 is 0.971 bits per heavy atom. The number of nitrogens with zero attached hydrogens (tertiary/aromatic N) is 1. The number of nitrogens with two attached hydrogens (primary N) is 1. The number of anilines is 1. The third kappa shape index (κ3) is 4.92. The van der Waals surface area contributed by atoms with Gasteiger partial charge in [0.05, 0.1) is 6.61 Å². The minimum atomic E-state index is -0.651. The summed E-state index contributed by atoms with van der Waals surface area (Å²) in [6.45, 7) is 2.24. The van der Waals surface area contributed by atoms with Crippen molar-refractivity contribution in [3.05, 3.63) is 65.5 Å². The Labute approximate surface area is 196 Å². The molecule has 3 aliphatic rings. The Morgan fingerprint density at radius 3 is 2.32 bits per heavy atom. The van der Waals surface area contributed by atoms with Gasteiger partial charge in [-0.1, -0.05) is 0 Å². The summed E-state index contributed by atoms with van der Waals surface area (Å²) in [5.74, 6) is -0.397. The second-order valence-corrected chi connectivity index (χ2v) is 9.72. The molecule has 0 bridgehead atoms. The fourth-order valence-corrected chi connectivity index (χ4v) is 5.79. The molecule has 2 aromatic carbocycles. The van der Waals surface area contributed by atoms with E-state index in [1.807, 2.05) is 0 Å². The summed E-state index contributed by atoms with van der Waals surface area (Å²) in [5.41, 5.74) is 7.06. The van der Waals surface area contributed by atoms with Crippen molar-refractivity contribution in [3.8, 4) is 0 Å². The van der Waals surface area contributed by atoms with Crippen LogP contribution in [-0.4, -0.2) is 48.8 Å². The number of ether oxygens (including phenoxy) is 1. The normalized spacial score (nSPS) is 31.3.